The van der Waals surface area contributed by atoms with Crippen molar-refractivity contribution in [3.8, 4) is 73.1 Å². The zero-order chi connectivity index (χ0) is 41.7. The summed E-state index contributed by atoms with van der Waals surface area (Å²) in [6.07, 6.45) is 0. The molecule has 0 saturated heterocycles. The molecule has 9 aromatic carbocycles. The van der Waals surface area contributed by atoms with Crippen molar-refractivity contribution in [2.75, 3.05) is 0 Å². The molecule has 0 saturated carbocycles. The molecule has 12 aromatic rings. The maximum absolute atomic E-state index is 5.57. The van der Waals surface area contributed by atoms with Crippen LogP contribution in [0.15, 0.2) is 231 Å². The van der Waals surface area contributed by atoms with E-state index < -0.39 is 0 Å². The molecular formula is C59H38N4. The highest BCUT2D eigenvalue weighted by molar-refractivity contribution is 6.21. The van der Waals surface area contributed by atoms with Crippen LogP contribution >= 0.6 is 0 Å². The lowest BCUT2D eigenvalue weighted by atomic mass is 9.94. The molecule has 0 fully saturated rings. The monoisotopic (exact) mass is 802 g/mol. The summed E-state index contributed by atoms with van der Waals surface area (Å²) >= 11 is 0. The molecule has 12 rings (SSSR count). The van der Waals surface area contributed by atoms with Gasteiger partial charge in [0.15, 0.2) is 5.82 Å². The molecule has 4 nitrogen and oxygen atoms in total. The minimum absolute atomic E-state index is 0.693. The molecule has 0 atom stereocenters. The average molecular weight is 803 g/mol. The van der Waals surface area contributed by atoms with E-state index in [9.17, 15) is 0 Å². The summed E-state index contributed by atoms with van der Waals surface area (Å²) in [6, 6.07) is 81.5. The van der Waals surface area contributed by atoms with E-state index in [0.717, 1.165) is 89.1 Å². The summed E-state index contributed by atoms with van der Waals surface area (Å²) in [7, 11) is 0. The molecule has 0 N–H and O–H groups in total. The molecular weight excluding hydrogens is 765 g/mol. The van der Waals surface area contributed by atoms with Crippen LogP contribution in [0, 0.1) is 0 Å². The lowest BCUT2D eigenvalue weighted by molar-refractivity contribution is 1.18. The van der Waals surface area contributed by atoms with Gasteiger partial charge in [-0.2, -0.15) is 0 Å². The molecule has 0 radical (unpaired) electrons. The number of hydrogen-bond acceptors (Lipinski definition) is 3. The maximum Gasteiger partial charge on any atom is 0.160 e. The Morgan fingerprint density at radius 3 is 1.54 bits per heavy atom. The van der Waals surface area contributed by atoms with E-state index in [0.29, 0.717) is 5.82 Å². The van der Waals surface area contributed by atoms with Crippen LogP contribution in [0.25, 0.3) is 117 Å². The van der Waals surface area contributed by atoms with Crippen molar-refractivity contribution >= 4 is 43.5 Å². The summed E-state index contributed by atoms with van der Waals surface area (Å²) in [4.78, 5) is 15.8. The van der Waals surface area contributed by atoms with Crippen molar-refractivity contribution < 1.29 is 0 Å². The average Bonchev–Trinajstić information content (AvgIpc) is 3.69. The van der Waals surface area contributed by atoms with Gasteiger partial charge in [-0.15, -0.1) is 0 Å². The van der Waals surface area contributed by atoms with Gasteiger partial charge in [-0.25, -0.2) is 15.0 Å². The fraction of sp³-hybridized carbons (Fsp3) is 0. The van der Waals surface area contributed by atoms with Crippen molar-refractivity contribution in [3.05, 3.63) is 231 Å². The third kappa shape index (κ3) is 6.44. The number of pyridine rings is 1. The molecule has 0 bridgehead atoms. The van der Waals surface area contributed by atoms with Crippen LogP contribution in [-0.2, 0) is 0 Å². The first-order chi connectivity index (χ1) is 31.2. The summed E-state index contributed by atoms with van der Waals surface area (Å²) < 4.78 is 2.38. The van der Waals surface area contributed by atoms with Crippen LogP contribution in [0.2, 0.25) is 0 Å². The number of aromatic nitrogens is 4. The summed E-state index contributed by atoms with van der Waals surface area (Å²) in [5, 5.41) is 5.89. The highest BCUT2D eigenvalue weighted by Gasteiger charge is 2.19. The number of para-hydroxylation sites is 3. The van der Waals surface area contributed by atoms with E-state index >= 15 is 0 Å². The van der Waals surface area contributed by atoms with Crippen LogP contribution < -0.4 is 0 Å². The van der Waals surface area contributed by atoms with E-state index in [1.807, 2.05) is 36.4 Å². The largest absolute Gasteiger partial charge is 0.309 e. The van der Waals surface area contributed by atoms with Crippen molar-refractivity contribution in [2.24, 2.45) is 0 Å². The fourth-order valence-electron chi connectivity index (χ4n) is 9.16. The Morgan fingerprint density at radius 2 is 0.841 bits per heavy atom. The zero-order valence-corrected chi connectivity index (χ0v) is 34.2. The lowest BCUT2D eigenvalue weighted by Gasteiger charge is -2.15. The third-order valence-corrected chi connectivity index (χ3v) is 12.2. The summed E-state index contributed by atoms with van der Waals surface area (Å²) in [6.45, 7) is 0. The molecule has 0 spiro atoms. The second-order valence-electron chi connectivity index (χ2n) is 16.0. The first-order valence-corrected chi connectivity index (χ1v) is 21.4. The van der Waals surface area contributed by atoms with Crippen LogP contribution in [0.5, 0.6) is 0 Å². The second kappa shape index (κ2) is 15.2. The number of nitrogens with zero attached hydrogens (tertiary/aromatic N) is 4. The Labute approximate surface area is 365 Å². The Bertz CT molecular complexity index is 3580. The van der Waals surface area contributed by atoms with Gasteiger partial charge in [0.05, 0.1) is 33.6 Å². The molecule has 63 heavy (non-hydrogen) atoms. The molecule has 0 aliphatic rings. The van der Waals surface area contributed by atoms with Gasteiger partial charge in [0.1, 0.15) is 0 Å². The zero-order valence-electron chi connectivity index (χ0n) is 34.2. The molecule has 3 aromatic heterocycles. The topological polar surface area (TPSA) is 43.6 Å². The van der Waals surface area contributed by atoms with Gasteiger partial charge < -0.3 is 4.57 Å². The van der Waals surface area contributed by atoms with Crippen LogP contribution in [-0.4, -0.2) is 19.5 Å². The molecule has 294 valence electrons. The molecule has 0 amide bonds. The van der Waals surface area contributed by atoms with Crippen LogP contribution in [0.3, 0.4) is 0 Å². The summed E-state index contributed by atoms with van der Waals surface area (Å²) in [5.41, 5.74) is 15.8. The van der Waals surface area contributed by atoms with E-state index in [1.54, 1.807) is 0 Å². The van der Waals surface area contributed by atoms with E-state index in [4.69, 9.17) is 15.0 Å². The van der Waals surface area contributed by atoms with Crippen molar-refractivity contribution in [1.82, 2.24) is 19.5 Å². The molecule has 3 heterocycles. The number of fused-ring (bicyclic) bond motifs is 6. The minimum Gasteiger partial charge on any atom is -0.309 e. The van der Waals surface area contributed by atoms with E-state index in [1.165, 1.54) is 21.7 Å². The standard InChI is InChI=1S/C59H38N4/c1-5-17-41(18-6-1)53-38-54(42-19-7-2-8-20-42)61-59(60-53)45-24-15-23-44(35-45)39-31-33-40(34-32-39)47-28-16-29-49-50-36-51-48-27-13-14-30-55(48)63(46-25-11-4-12-26-46)56(51)37-52(50)57(62-58(47)49)43-21-9-3-10-22-43/h1-38H. The van der Waals surface area contributed by atoms with Gasteiger partial charge in [0, 0.05) is 55.0 Å². The first-order valence-electron chi connectivity index (χ1n) is 21.4. The van der Waals surface area contributed by atoms with Gasteiger partial charge in [-0.05, 0) is 64.5 Å². The van der Waals surface area contributed by atoms with Crippen molar-refractivity contribution in [3.63, 3.8) is 0 Å². The first kappa shape index (κ1) is 36.4. The van der Waals surface area contributed by atoms with Gasteiger partial charge in [0.25, 0.3) is 0 Å². The second-order valence-corrected chi connectivity index (χ2v) is 16.0. The van der Waals surface area contributed by atoms with Crippen LogP contribution in [0.1, 0.15) is 0 Å². The van der Waals surface area contributed by atoms with E-state index in [2.05, 4.69) is 199 Å². The van der Waals surface area contributed by atoms with Crippen LogP contribution in [0.4, 0.5) is 0 Å². The molecule has 0 aliphatic heterocycles. The van der Waals surface area contributed by atoms with E-state index in [-0.39, 0.29) is 0 Å². The van der Waals surface area contributed by atoms with Gasteiger partial charge in [0.2, 0.25) is 0 Å². The normalized spacial score (nSPS) is 11.5. The predicted octanol–water partition coefficient (Wildman–Crippen LogP) is 15.3. The summed E-state index contributed by atoms with van der Waals surface area (Å²) in [5.74, 6) is 0.693. The highest BCUT2D eigenvalue weighted by Crippen LogP contribution is 2.42. The molecule has 0 unspecified atom stereocenters. The Morgan fingerprint density at radius 1 is 0.286 bits per heavy atom. The van der Waals surface area contributed by atoms with Crippen molar-refractivity contribution in [2.45, 2.75) is 0 Å². The number of benzene rings is 9. The number of hydrogen-bond donors (Lipinski definition) is 0. The quantitative estimate of drug-likeness (QED) is 0.151. The minimum atomic E-state index is 0.693. The van der Waals surface area contributed by atoms with Gasteiger partial charge >= 0.3 is 0 Å². The smallest absolute Gasteiger partial charge is 0.160 e. The Hall–Kier alpha value is -8.47. The van der Waals surface area contributed by atoms with Crippen molar-refractivity contribution in [1.29, 1.82) is 0 Å². The highest BCUT2D eigenvalue weighted by atomic mass is 15.0. The molecule has 4 heteroatoms. The maximum atomic E-state index is 5.57. The Balaban J connectivity index is 0.981. The van der Waals surface area contributed by atoms with Gasteiger partial charge in [-0.3, -0.25) is 0 Å². The Kier molecular flexibility index (Phi) is 8.79. The third-order valence-electron chi connectivity index (χ3n) is 12.2. The SMILES string of the molecule is c1ccc(-c2cc(-c3ccccc3)nc(-c3cccc(-c4ccc(-c5cccc6c5nc(-c5ccccc5)c5cc7c(cc56)c5ccccc5n7-c5ccccc5)cc4)c3)n2)cc1. The predicted molar refractivity (Wildman–Crippen MR) is 262 cm³/mol. The fourth-order valence-corrected chi connectivity index (χ4v) is 9.16. The molecule has 0 aliphatic carbocycles. The number of rotatable bonds is 7. The lowest BCUT2D eigenvalue weighted by Crippen LogP contribution is -1.96. The van der Waals surface area contributed by atoms with Gasteiger partial charge in [-0.1, -0.05) is 188 Å².